The molecule has 1 atom stereocenters. The number of imide groups is 1. The Labute approximate surface area is 162 Å². The van der Waals surface area contributed by atoms with Gasteiger partial charge in [0.15, 0.2) is 6.10 Å². The Kier molecular flexibility index (Phi) is 5.54. The summed E-state index contributed by atoms with van der Waals surface area (Å²) in [5.41, 5.74) is 2.18. The third-order valence-electron chi connectivity index (χ3n) is 4.50. The number of carbonyl (C=O) groups is 4. The van der Waals surface area contributed by atoms with Gasteiger partial charge in [0.2, 0.25) is 0 Å². The van der Waals surface area contributed by atoms with Gasteiger partial charge < -0.3 is 10.1 Å². The predicted octanol–water partition coefficient (Wildman–Crippen LogP) is 2.55. The van der Waals surface area contributed by atoms with Gasteiger partial charge in [0.25, 0.3) is 17.7 Å². The molecule has 3 rings (SSSR count). The van der Waals surface area contributed by atoms with Gasteiger partial charge >= 0.3 is 5.97 Å². The van der Waals surface area contributed by atoms with Crippen LogP contribution in [-0.4, -0.2) is 41.2 Å². The van der Waals surface area contributed by atoms with Crippen molar-refractivity contribution in [2.24, 2.45) is 0 Å². The van der Waals surface area contributed by atoms with Crippen LogP contribution in [0.1, 0.15) is 39.6 Å². The van der Waals surface area contributed by atoms with Gasteiger partial charge in [-0.2, -0.15) is 0 Å². The maximum absolute atomic E-state index is 12.3. The first-order valence-electron chi connectivity index (χ1n) is 8.89. The van der Waals surface area contributed by atoms with Gasteiger partial charge in [-0.15, -0.1) is 0 Å². The minimum atomic E-state index is -1.01. The Morgan fingerprint density at radius 3 is 2.18 bits per heavy atom. The van der Waals surface area contributed by atoms with Crippen molar-refractivity contribution in [2.75, 3.05) is 11.9 Å². The van der Waals surface area contributed by atoms with E-state index in [2.05, 4.69) is 5.32 Å². The molecular weight excluding hydrogens is 360 g/mol. The number of para-hydroxylation sites is 1. The first-order valence-corrected chi connectivity index (χ1v) is 8.89. The second kappa shape index (κ2) is 8.04. The molecule has 0 bridgehead atoms. The second-order valence-electron chi connectivity index (χ2n) is 6.49. The van der Waals surface area contributed by atoms with Crippen molar-refractivity contribution in [1.82, 2.24) is 4.90 Å². The van der Waals surface area contributed by atoms with Gasteiger partial charge in [0.1, 0.15) is 0 Å². The smallest absolute Gasteiger partial charge is 0.308 e. The molecule has 28 heavy (non-hydrogen) atoms. The molecule has 3 amide bonds. The number of hydrogen-bond donors (Lipinski definition) is 1. The lowest BCUT2D eigenvalue weighted by Gasteiger charge is -2.16. The molecule has 2 aromatic carbocycles. The number of hydrogen-bond acceptors (Lipinski definition) is 5. The van der Waals surface area contributed by atoms with E-state index in [0.717, 1.165) is 10.5 Å². The summed E-state index contributed by atoms with van der Waals surface area (Å²) in [6, 6.07) is 13.8. The minimum absolute atomic E-state index is 0.0999. The quantitative estimate of drug-likeness (QED) is 0.614. The van der Waals surface area contributed by atoms with Crippen molar-refractivity contribution < 1.29 is 23.9 Å². The Morgan fingerprint density at radius 1 is 1.00 bits per heavy atom. The van der Waals surface area contributed by atoms with Crippen LogP contribution in [0.15, 0.2) is 48.5 Å². The monoisotopic (exact) mass is 380 g/mol. The molecule has 1 aliphatic heterocycles. The van der Waals surface area contributed by atoms with E-state index < -0.39 is 29.8 Å². The maximum Gasteiger partial charge on any atom is 0.308 e. The van der Waals surface area contributed by atoms with Crippen LogP contribution in [0, 0.1) is 6.92 Å². The summed E-state index contributed by atoms with van der Waals surface area (Å²) >= 11 is 0. The molecule has 0 saturated heterocycles. The number of benzene rings is 2. The van der Waals surface area contributed by atoms with Crippen molar-refractivity contribution in [3.05, 3.63) is 65.2 Å². The third kappa shape index (κ3) is 3.93. The second-order valence-corrected chi connectivity index (χ2v) is 6.49. The van der Waals surface area contributed by atoms with Gasteiger partial charge in [-0.3, -0.25) is 24.1 Å². The zero-order chi connectivity index (χ0) is 20.3. The molecular formula is C21H20N2O5. The Morgan fingerprint density at radius 2 is 1.57 bits per heavy atom. The molecule has 1 N–H and O–H groups in total. The summed E-state index contributed by atoms with van der Waals surface area (Å²) in [6.45, 7) is 3.22. The number of esters is 1. The number of carbonyl (C=O) groups excluding carboxylic acids is 4. The summed E-state index contributed by atoms with van der Waals surface area (Å²) < 4.78 is 5.13. The highest BCUT2D eigenvalue weighted by Gasteiger charge is 2.35. The molecule has 0 radical (unpaired) electrons. The number of fused-ring (bicyclic) bond motifs is 1. The zero-order valence-corrected chi connectivity index (χ0v) is 15.6. The average Bonchev–Trinajstić information content (AvgIpc) is 2.92. The summed E-state index contributed by atoms with van der Waals surface area (Å²) in [6.07, 6.45) is -1.19. The minimum Gasteiger partial charge on any atom is -0.452 e. The fraction of sp³-hybridized carbons (Fsp3) is 0.238. The molecule has 7 nitrogen and oxygen atoms in total. The van der Waals surface area contributed by atoms with Crippen LogP contribution in [0.2, 0.25) is 0 Å². The largest absolute Gasteiger partial charge is 0.452 e. The van der Waals surface area contributed by atoms with Gasteiger partial charge in [0, 0.05) is 12.2 Å². The number of aryl methyl sites for hydroxylation is 1. The number of rotatable bonds is 6. The molecule has 7 heteroatoms. The first kappa shape index (κ1) is 19.3. The highest BCUT2D eigenvalue weighted by atomic mass is 16.5. The zero-order valence-electron chi connectivity index (χ0n) is 15.6. The first-order chi connectivity index (χ1) is 13.4. The fourth-order valence-electron chi connectivity index (χ4n) is 2.90. The summed E-state index contributed by atoms with van der Waals surface area (Å²) in [4.78, 5) is 49.8. The number of anilines is 1. The SMILES string of the molecule is Cc1ccccc1NC(=O)[C@@H](C)OC(=O)CCN1C(=O)c2ccccc2C1=O. The molecule has 0 saturated carbocycles. The maximum atomic E-state index is 12.3. The number of nitrogens with one attached hydrogen (secondary N) is 1. The molecule has 2 aromatic rings. The van der Waals surface area contributed by atoms with Crippen molar-refractivity contribution in [3.63, 3.8) is 0 Å². The molecule has 0 aromatic heterocycles. The van der Waals surface area contributed by atoms with Crippen molar-refractivity contribution in [2.45, 2.75) is 26.4 Å². The van der Waals surface area contributed by atoms with E-state index in [4.69, 9.17) is 4.74 Å². The van der Waals surface area contributed by atoms with Gasteiger partial charge in [0.05, 0.1) is 17.5 Å². The topological polar surface area (TPSA) is 92.8 Å². The summed E-state index contributed by atoms with van der Waals surface area (Å²) in [5, 5.41) is 2.70. The van der Waals surface area contributed by atoms with Crippen LogP contribution in [0.3, 0.4) is 0 Å². The lowest BCUT2D eigenvalue weighted by atomic mass is 10.1. The molecule has 0 unspecified atom stereocenters. The number of amides is 3. The third-order valence-corrected chi connectivity index (χ3v) is 4.50. The van der Waals surface area contributed by atoms with E-state index in [1.807, 2.05) is 19.1 Å². The summed E-state index contributed by atoms with van der Waals surface area (Å²) in [7, 11) is 0. The normalized spacial score (nSPS) is 13.9. The number of ether oxygens (including phenoxy) is 1. The van der Waals surface area contributed by atoms with Gasteiger partial charge in [-0.25, -0.2) is 0 Å². The van der Waals surface area contributed by atoms with Crippen LogP contribution >= 0.6 is 0 Å². The predicted molar refractivity (Wildman–Crippen MR) is 102 cm³/mol. The Balaban J connectivity index is 1.52. The fourth-order valence-corrected chi connectivity index (χ4v) is 2.90. The van der Waals surface area contributed by atoms with Crippen molar-refractivity contribution >= 4 is 29.4 Å². The molecule has 0 spiro atoms. The molecule has 0 fully saturated rings. The average molecular weight is 380 g/mol. The van der Waals surface area contributed by atoms with Crippen LogP contribution in [0.4, 0.5) is 5.69 Å². The van der Waals surface area contributed by atoms with Crippen LogP contribution in [-0.2, 0) is 14.3 Å². The van der Waals surface area contributed by atoms with E-state index in [-0.39, 0.29) is 13.0 Å². The molecule has 0 aliphatic carbocycles. The van der Waals surface area contributed by atoms with E-state index >= 15 is 0 Å². The van der Waals surface area contributed by atoms with E-state index in [1.54, 1.807) is 36.4 Å². The highest BCUT2D eigenvalue weighted by molar-refractivity contribution is 6.21. The lowest BCUT2D eigenvalue weighted by Crippen LogP contribution is -2.34. The molecule has 1 aliphatic rings. The van der Waals surface area contributed by atoms with E-state index in [0.29, 0.717) is 16.8 Å². The van der Waals surface area contributed by atoms with Gasteiger partial charge in [-0.05, 0) is 37.6 Å². The van der Waals surface area contributed by atoms with Crippen molar-refractivity contribution in [3.8, 4) is 0 Å². The van der Waals surface area contributed by atoms with Crippen LogP contribution in [0.5, 0.6) is 0 Å². The Bertz CT molecular complexity index is 918. The number of nitrogens with zero attached hydrogens (tertiary/aromatic N) is 1. The highest BCUT2D eigenvalue weighted by Crippen LogP contribution is 2.22. The molecule has 144 valence electrons. The van der Waals surface area contributed by atoms with Gasteiger partial charge in [-0.1, -0.05) is 30.3 Å². The standard InChI is InChI=1S/C21H20N2O5/c1-13-7-3-6-10-17(13)22-19(25)14(2)28-18(24)11-12-23-20(26)15-8-4-5-9-16(15)21(23)27/h3-10,14H,11-12H2,1-2H3,(H,22,25)/t14-/m1/s1. The van der Waals surface area contributed by atoms with Crippen LogP contribution < -0.4 is 5.32 Å². The molecule has 1 heterocycles. The van der Waals surface area contributed by atoms with E-state index in [1.165, 1.54) is 6.92 Å². The van der Waals surface area contributed by atoms with E-state index in [9.17, 15) is 19.2 Å². The van der Waals surface area contributed by atoms with Crippen molar-refractivity contribution in [1.29, 1.82) is 0 Å². The van der Waals surface area contributed by atoms with Crippen LogP contribution in [0.25, 0.3) is 0 Å². The lowest BCUT2D eigenvalue weighted by molar-refractivity contribution is -0.153. The Hall–Kier alpha value is -3.48. The summed E-state index contributed by atoms with van der Waals surface area (Å²) in [5.74, 6) is -1.98.